The molecule has 3 nitrogen and oxygen atoms in total. The van der Waals surface area contributed by atoms with Crippen LogP contribution in [0.1, 0.15) is 40.0 Å². The van der Waals surface area contributed by atoms with Crippen molar-refractivity contribution in [3.05, 3.63) is 0 Å². The van der Waals surface area contributed by atoms with E-state index in [1.807, 2.05) is 6.92 Å². The highest BCUT2D eigenvalue weighted by atomic mass is 16.5. The Morgan fingerprint density at radius 1 is 1.64 bits per heavy atom. The molecular weight excluding hydrogens is 178 g/mol. The predicted molar refractivity (Wildman–Crippen MR) is 57.4 cm³/mol. The molecule has 3 atom stereocenters. The van der Waals surface area contributed by atoms with Crippen LogP contribution in [0.2, 0.25) is 0 Å². The van der Waals surface area contributed by atoms with Gasteiger partial charge >= 0.3 is 0 Å². The first-order chi connectivity index (χ1) is 6.56. The maximum Gasteiger partial charge on any atom is 0.0666 e. The van der Waals surface area contributed by atoms with Gasteiger partial charge in [-0.25, -0.2) is 0 Å². The van der Waals surface area contributed by atoms with Crippen molar-refractivity contribution >= 4 is 0 Å². The molecule has 1 saturated heterocycles. The first-order valence-corrected chi connectivity index (χ1v) is 5.61. The highest BCUT2D eigenvalue weighted by Gasteiger charge is 2.31. The van der Waals surface area contributed by atoms with E-state index < -0.39 is 0 Å². The SMILES string of the molecule is CCC1(C)CC(NCC(C)O)CCO1. The molecule has 0 aromatic rings. The largest absolute Gasteiger partial charge is 0.392 e. The molecule has 14 heavy (non-hydrogen) atoms. The molecule has 3 heteroatoms. The predicted octanol–water partition coefficient (Wildman–Crippen LogP) is 1.30. The molecular formula is C11H23NO2. The van der Waals surface area contributed by atoms with Crippen LogP contribution < -0.4 is 5.32 Å². The molecule has 0 aromatic heterocycles. The van der Waals surface area contributed by atoms with Gasteiger partial charge in [-0.15, -0.1) is 0 Å². The zero-order valence-corrected chi connectivity index (χ0v) is 9.55. The van der Waals surface area contributed by atoms with Crippen LogP contribution >= 0.6 is 0 Å². The summed E-state index contributed by atoms with van der Waals surface area (Å²) in [5.41, 5.74) is 0.0363. The minimum Gasteiger partial charge on any atom is -0.392 e. The van der Waals surface area contributed by atoms with Crippen molar-refractivity contribution < 1.29 is 9.84 Å². The van der Waals surface area contributed by atoms with E-state index in [2.05, 4.69) is 19.2 Å². The second-order valence-corrected chi connectivity index (χ2v) is 4.60. The van der Waals surface area contributed by atoms with Gasteiger partial charge < -0.3 is 15.2 Å². The zero-order valence-electron chi connectivity index (χ0n) is 9.55. The molecule has 0 radical (unpaired) electrons. The summed E-state index contributed by atoms with van der Waals surface area (Å²) in [6.07, 6.45) is 2.91. The van der Waals surface area contributed by atoms with E-state index in [1.54, 1.807) is 0 Å². The van der Waals surface area contributed by atoms with Crippen molar-refractivity contribution in [3.63, 3.8) is 0 Å². The number of aliphatic hydroxyl groups excluding tert-OH is 1. The van der Waals surface area contributed by atoms with E-state index in [-0.39, 0.29) is 11.7 Å². The first-order valence-electron chi connectivity index (χ1n) is 5.61. The average Bonchev–Trinajstić information content (AvgIpc) is 2.15. The molecule has 0 aliphatic carbocycles. The molecule has 0 spiro atoms. The van der Waals surface area contributed by atoms with Crippen LogP contribution in [0.5, 0.6) is 0 Å². The van der Waals surface area contributed by atoms with Gasteiger partial charge in [0.25, 0.3) is 0 Å². The van der Waals surface area contributed by atoms with Gasteiger partial charge in [-0.1, -0.05) is 6.92 Å². The summed E-state index contributed by atoms with van der Waals surface area (Å²) in [6, 6.07) is 0.503. The number of rotatable bonds is 4. The summed E-state index contributed by atoms with van der Waals surface area (Å²) < 4.78 is 5.75. The number of nitrogens with one attached hydrogen (secondary N) is 1. The fourth-order valence-corrected chi connectivity index (χ4v) is 1.89. The molecule has 1 rings (SSSR count). The molecule has 0 bridgehead atoms. The molecule has 1 aliphatic rings. The summed E-state index contributed by atoms with van der Waals surface area (Å²) >= 11 is 0. The third-order valence-electron chi connectivity index (χ3n) is 3.04. The number of hydrogen-bond donors (Lipinski definition) is 2. The molecule has 3 unspecified atom stereocenters. The maximum atomic E-state index is 9.18. The lowest BCUT2D eigenvalue weighted by molar-refractivity contribution is -0.0786. The summed E-state index contributed by atoms with van der Waals surface area (Å²) in [5, 5.41) is 12.6. The molecule has 1 fully saturated rings. The van der Waals surface area contributed by atoms with E-state index in [1.165, 1.54) is 0 Å². The third kappa shape index (κ3) is 3.56. The van der Waals surface area contributed by atoms with Crippen molar-refractivity contribution in [2.75, 3.05) is 13.2 Å². The first kappa shape index (κ1) is 12.0. The van der Waals surface area contributed by atoms with Crippen LogP contribution in [0.25, 0.3) is 0 Å². The fourth-order valence-electron chi connectivity index (χ4n) is 1.89. The van der Waals surface area contributed by atoms with Crippen LogP contribution in [0.3, 0.4) is 0 Å². The van der Waals surface area contributed by atoms with Crippen LogP contribution in [0.15, 0.2) is 0 Å². The quantitative estimate of drug-likeness (QED) is 0.720. The van der Waals surface area contributed by atoms with E-state index in [0.29, 0.717) is 12.6 Å². The van der Waals surface area contributed by atoms with Crippen molar-refractivity contribution in [2.24, 2.45) is 0 Å². The van der Waals surface area contributed by atoms with E-state index in [4.69, 9.17) is 4.74 Å². The molecule has 0 saturated carbocycles. The standard InChI is InChI=1S/C11H23NO2/c1-4-11(3)7-10(5-6-14-11)12-8-9(2)13/h9-10,12-13H,4-8H2,1-3H3. The molecule has 84 valence electrons. The summed E-state index contributed by atoms with van der Waals surface area (Å²) in [7, 11) is 0. The minimum absolute atomic E-state index is 0.0363. The van der Waals surface area contributed by atoms with Crippen LogP contribution in [0.4, 0.5) is 0 Å². The fraction of sp³-hybridized carbons (Fsp3) is 1.00. The Balaban J connectivity index is 2.33. The Labute approximate surface area is 86.8 Å². The van der Waals surface area contributed by atoms with Crippen molar-refractivity contribution in [1.82, 2.24) is 5.32 Å². The Hall–Kier alpha value is -0.120. The van der Waals surface area contributed by atoms with Gasteiger partial charge in [0, 0.05) is 19.2 Å². The highest BCUT2D eigenvalue weighted by Crippen LogP contribution is 2.27. The van der Waals surface area contributed by atoms with Gasteiger partial charge in [0.05, 0.1) is 11.7 Å². The second kappa shape index (κ2) is 5.10. The minimum atomic E-state index is -0.259. The van der Waals surface area contributed by atoms with Gasteiger partial charge in [0.1, 0.15) is 0 Å². The van der Waals surface area contributed by atoms with Crippen LogP contribution in [-0.2, 0) is 4.74 Å². The van der Waals surface area contributed by atoms with Gasteiger partial charge in [-0.05, 0) is 33.1 Å². The normalized spacial score (nSPS) is 35.6. The van der Waals surface area contributed by atoms with Gasteiger partial charge in [0.15, 0.2) is 0 Å². The monoisotopic (exact) mass is 201 g/mol. The smallest absolute Gasteiger partial charge is 0.0666 e. The third-order valence-corrected chi connectivity index (χ3v) is 3.04. The van der Waals surface area contributed by atoms with Crippen molar-refractivity contribution in [2.45, 2.75) is 57.8 Å². The topological polar surface area (TPSA) is 41.5 Å². The van der Waals surface area contributed by atoms with Gasteiger partial charge in [-0.2, -0.15) is 0 Å². The molecule has 0 amide bonds. The van der Waals surface area contributed by atoms with Crippen molar-refractivity contribution in [1.29, 1.82) is 0 Å². The lowest BCUT2D eigenvalue weighted by Gasteiger charge is -2.38. The van der Waals surface area contributed by atoms with Crippen LogP contribution in [-0.4, -0.2) is 36.0 Å². The van der Waals surface area contributed by atoms with E-state index >= 15 is 0 Å². The Kier molecular flexibility index (Phi) is 4.35. The lowest BCUT2D eigenvalue weighted by Crippen LogP contribution is -2.46. The Morgan fingerprint density at radius 2 is 2.36 bits per heavy atom. The molecule has 2 N–H and O–H groups in total. The average molecular weight is 201 g/mol. The highest BCUT2D eigenvalue weighted by molar-refractivity contribution is 4.85. The lowest BCUT2D eigenvalue weighted by atomic mass is 9.90. The maximum absolute atomic E-state index is 9.18. The number of ether oxygens (including phenoxy) is 1. The number of hydrogen-bond acceptors (Lipinski definition) is 3. The molecule has 1 heterocycles. The molecule has 1 aliphatic heterocycles. The van der Waals surface area contributed by atoms with Gasteiger partial charge in [0.2, 0.25) is 0 Å². The van der Waals surface area contributed by atoms with E-state index in [0.717, 1.165) is 25.9 Å². The second-order valence-electron chi connectivity index (χ2n) is 4.60. The molecule has 0 aromatic carbocycles. The summed E-state index contributed by atoms with van der Waals surface area (Å²) in [4.78, 5) is 0. The van der Waals surface area contributed by atoms with Crippen LogP contribution in [0, 0.1) is 0 Å². The summed E-state index contributed by atoms with van der Waals surface area (Å²) in [5.74, 6) is 0. The van der Waals surface area contributed by atoms with Crippen molar-refractivity contribution in [3.8, 4) is 0 Å². The number of aliphatic hydroxyl groups is 1. The zero-order chi connectivity index (χ0) is 10.6. The van der Waals surface area contributed by atoms with E-state index in [9.17, 15) is 5.11 Å². The van der Waals surface area contributed by atoms with Gasteiger partial charge in [-0.3, -0.25) is 0 Å². The summed E-state index contributed by atoms with van der Waals surface area (Å²) in [6.45, 7) is 7.66. The Bertz CT molecular complexity index is 173. The Morgan fingerprint density at radius 3 is 2.93 bits per heavy atom.